The molecule has 8 heavy (non-hydrogen) atoms. The van der Waals surface area contributed by atoms with Gasteiger partial charge in [-0.1, -0.05) is 6.08 Å². The van der Waals surface area contributed by atoms with E-state index in [1.54, 1.807) is 0 Å². The minimum absolute atomic E-state index is 1.08. The molecule has 0 fully saturated rings. The predicted molar refractivity (Wildman–Crippen MR) is 30.6 cm³/mol. The second-order valence-corrected chi connectivity index (χ2v) is 3.49. The molecule has 5 heteroatoms. The standard InChI is InChI=1S/C3H9NO3Si/c1-2-3(4)8(5,6)7/h2-3,5-7H,1,4H2. The summed E-state index contributed by atoms with van der Waals surface area (Å²) in [5, 5.41) is 0. The van der Waals surface area contributed by atoms with Crippen LogP contribution in [0.2, 0.25) is 0 Å². The Kier molecular flexibility index (Phi) is 2.32. The van der Waals surface area contributed by atoms with Crippen molar-refractivity contribution in [1.82, 2.24) is 0 Å². The zero-order valence-electron chi connectivity index (χ0n) is 4.28. The molecule has 4 nitrogen and oxygen atoms in total. The van der Waals surface area contributed by atoms with E-state index in [2.05, 4.69) is 6.58 Å². The van der Waals surface area contributed by atoms with Crippen LogP contribution in [0.5, 0.6) is 0 Å². The van der Waals surface area contributed by atoms with Crippen molar-refractivity contribution >= 4 is 8.80 Å². The molecule has 0 aromatic carbocycles. The minimum Gasteiger partial charge on any atom is -0.389 e. The van der Waals surface area contributed by atoms with Gasteiger partial charge in [0.2, 0.25) is 0 Å². The summed E-state index contributed by atoms with van der Waals surface area (Å²) in [4.78, 5) is 25.0. The normalized spacial score (nSPS) is 15.5. The maximum atomic E-state index is 8.34. The van der Waals surface area contributed by atoms with Crippen LogP contribution in [0.15, 0.2) is 12.7 Å². The summed E-state index contributed by atoms with van der Waals surface area (Å²) in [6.07, 6.45) is 1.09. The van der Waals surface area contributed by atoms with Crippen molar-refractivity contribution in [2.75, 3.05) is 0 Å². The first-order chi connectivity index (χ1) is 3.48. The van der Waals surface area contributed by atoms with Crippen molar-refractivity contribution in [3.63, 3.8) is 0 Å². The Balaban J connectivity index is 3.80. The molecule has 5 N–H and O–H groups in total. The zero-order valence-corrected chi connectivity index (χ0v) is 5.28. The summed E-state index contributed by atoms with van der Waals surface area (Å²) < 4.78 is 0. The van der Waals surface area contributed by atoms with Gasteiger partial charge < -0.3 is 20.1 Å². The van der Waals surface area contributed by atoms with Gasteiger partial charge in [-0.3, -0.25) is 0 Å². The third-order valence-corrected chi connectivity index (χ3v) is 1.83. The Bertz CT molecular complexity index is 89.0. The summed E-state index contributed by atoms with van der Waals surface area (Å²) >= 11 is 0. The van der Waals surface area contributed by atoms with Crippen molar-refractivity contribution in [2.24, 2.45) is 5.73 Å². The molecule has 0 aromatic rings. The van der Waals surface area contributed by atoms with Crippen molar-refractivity contribution in [3.05, 3.63) is 12.7 Å². The molecule has 0 bridgehead atoms. The quantitative estimate of drug-likeness (QED) is 0.259. The molecule has 0 saturated heterocycles. The lowest BCUT2D eigenvalue weighted by Gasteiger charge is -2.12. The average Bonchev–Trinajstić information content (AvgIpc) is 1.62. The Labute approximate surface area is 48.3 Å². The molecule has 0 heterocycles. The average molecular weight is 135 g/mol. The number of nitrogens with two attached hydrogens (primary N) is 1. The highest BCUT2D eigenvalue weighted by Gasteiger charge is 2.33. The van der Waals surface area contributed by atoms with Gasteiger partial charge >= 0.3 is 8.80 Å². The molecular weight excluding hydrogens is 126 g/mol. The highest BCUT2D eigenvalue weighted by atomic mass is 28.4. The molecule has 0 radical (unpaired) electrons. The van der Waals surface area contributed by atoms with E-state index in [1.807, 2.05) is 0 Å². The first-order valence-corrected chi connectivity index (χ1v) is 3.95. The van der Waals surface area contributed by atoms with Gasteiger partial charge in [-0.2, -0.15) is 0 Å². The van der Waals surface area contributed by atoms with Crippen molar-refractivity contribution < 1.29 is 14.4 Å². The van der Waals surface area contributed by atoms with Gasteiger partial charge in [-0.05, 0) is 0 Å². The smallest absolute Gasteiger partial charge is 0.389 e. The van der Waals surface area contributed by atoms with Gasteiger partial charge in [0, 0.05) is 0 Å². The van der Waals surface area contributed by atoms with E-state index >= 15 is 0 Å². The third-order valence-electron chi connectivity index (χ3n) is 0.701. The summed E-state index contributed by atoms with van der Waals surface area (Å²) in [5.41, 5.74) is 3.86. The summed E-state index contributed by atoms with van der Waals surface area (Å²) in [6.45, 7) is 3.16. The number of hydrogen-bond acceptors (Lipinski definition) is 4. The van der Waals surface area contributed by atoms with E-state index < -0.39 is 14.5 Å². The lowest BCUT2D eigenvalue weighted by Crippen LogP contribution is -2.52. The minimum atomic E-state index is -4.10. The van der Waals surface area contributed by atoms with Crippen molar-refractivity contribution in [1.29, 1.82) is 0 Å². The molecule has 0 aromatic heterocycles. The van der Waals surface area contributed by atoms with Gasteiger partial charge in [0.25, 0.3) is 0 Å². The molecule has 0 aliphatic heterocycles. The number of hydrogen-bond donors (Lipinski definition) is 4. The van der Waals surface area contributed by atoms with Gasteiger partial charge in [0.1, 0.15) is 0 Å². The molecular formula is C3H9NO3Si. The Hall–Kier alpha value is -0.203. The SMILES string of the molecule is C=CC(N)[Si](O)(O)O. The van der Waals surface area contributed by atoms with E-state index in [0.29, 0.717) is 0 Å². The molecule has 0 rings (SSSR count). The van der Waals surface area contributed by atoms with E-state index in [4.69, 9.17) is 20.1 Å². The fourth-order valence-electron chi connectivity index (χ4n) is 0.158. The Morgan fingerprint density at radius 1 is 1.50 bits per heavy atom. The highest BCUT2D eigenvalue weighted by molar-refractivity contribution is 6.58. The topological polar surface area (TPSA) is 86.7 Å². The van der Waals surface area contributed by atoms with Gasteiger partial charge in [-0.25, -0.2) is 0 Å². The lowest BCUT2D eigenvalue weighted by molar-refractivity contribution is 0.220. The summed E-state index contributed by atoms with van der Waals surface area (Å²) in [7, 11) is -4.10. The van der Waals surface area contributed by atoms with Crippen LogP contribution in [0.25, 0.3) is 0 Å². The maximum absolute atomic E-state index is 8.34. The van der Waals surface area contributed by atoms with Gasteiger partial charge in [0.15, 0.2) is 0 Å². The largest absolute Gasteiger partial charge is 0.514 e. The monoisotopic (exact) mass is 135 g/mol. The van der Waals surface area contributed by atoms with E-state index in [0.717, 1.165) is 6.08 Å². The highest BCUT2D eigenvalue weighted by Crippen LogP contribution is 1.91. The van der Waals surface area contributed by atoms with E-state index in [1.165, 1.54) is 0 Å². The second kappa shape index (κ2) is 2.38. The summed E-state index contributed by atoms with van der Waals surface area (Å²) in [6, 6.07) is 0. The fourth-order valence-corrected chi connectivity index (χ4v) is 0.474. The van der Waals surface area contributed by atoms with Crippen LogP contribution in [-0.4, -0.2) is 28.9 Å². The number of rotatable bonds is 2. The summed E-state index contributed by atoms with van der Waals surface area (Å²) in [5.74, 6) is 0. The van der Waals surface area contributed by atoms with Crippen LogP contribution >= 0.6 is 0 Å². The molecule has 48 valence electrons. The van der Waals surface area contributed by atoms with Crippen LogP contribution < -0.4 is 5.73 Å². The fraction of sp³-hybridized carbons (Fsp3) is 0.333. The first-order valence-electron chi connectivity index (χ1n) is 2.03. The molecule has 0 amide bonds. The van der Waals surface area contributed by atoms with Crippen LogP contribution in [0, 0.1) is 0 Å². The van der Waals surface area contributed by atoms with Crippen molar-refractivity contribution in [2.45, 2.75) is 5.67 Å². The van der Waals surface area contributed by atoms with Crippen LogP contribution in [0.3, 0.4) is 0 Å². The molecule has 1 atom stereocenters. The predicted octanol–water partition coefficient (Wildman–Crippen LogP) is -2.05. The Morgan fingerprint density at radius 2 is 1.88 bits per heavy atom. The van der Waals surface area contributed by atoms with Crippen LogP contribution in [0.1, 0.15) is 0 Å². The van der Waals surface area contributed by atoms with Gasteiger partial charge in [0.05, 0.1) is 5.67 Å². The molecule has 0 saturated carbocycles. The zero-order chi connectivity index (χ0) is 6.78. The molecule has 1 unspecified atom stereocenters. The first kappa shape index (κ1) is 7.80. The van der Waals surface area contributed by atoms with Crippen LogP contribution in [0.4, 0.5) is 0 Å². The Morgan fingerprint density at radius 3 is 1.88 bits per heavy atom. The van der Waals surface area contributed by atoms with Gasteiger partial charge in [-0.15, -0.1) is 6.58 Å². The molecule has 0 spiro atoms. The second-order valence-electron chi connectivity index (χ2n) is 1.45. The molecule has 0 aliphatic rings. The van der Waals surface area contributed by atoms with Crippen molar-refractivity contribution in [3.8, 4) is 0 Å². The lowest BCUT2D eigenvalue weighted by atomic mass is 10.6. The van der Waals surface area contributed by atoms with E-state index in [9.17, 15) is 0 Å². The third kappa shape index (κ3) is 2.19. The maximum Gasteiger partial charge on any atom is 0.514 e. The van der Waals surface area contributed by atoms with E-state index in [-0.39, 0.29) is 0 Å². The molecule has 0 aliphatic carbocycles. The van der Waals surface area contributed by atoms with Crippen LogP contribution in [-0.2, 0) is 0 Å².